The largest absolute Gasteiger partial charge is 0.476 e. The van der Waals surface area contributed by atoms with E-state index in [0.29, 0.717) is 6.61 Å². The molecule has 7 heteroatoms. The predicted molar refractivity (Wildman–Crippen MR) is 85.3 cm³/mol. The fourth-order valence-corrected chi connectivity index (χ4v) is 3.89. The Hall–Kier alpha value is -1.34. The maximum Gasteiger partial charge on any atom is 0.270 e. The molecule has 0 amide bonds. The summed E-state index contributed by atoms with van der Waals surface area (Å²) in [6, 6.07) is 0.226. The summed E-state index contributed by atoms with van der Waals surface area (Å²) in [7, 11) is 0. The molecule has 0 spiro atoms. The summed E-state index contributed by atoms with van der Waals surface area (Å²) in [4.78, 5) is 9.98. The second kappa shape index (κ2) is 7.27. The van der Waals surface area contributed by atoms with Crippen LogP contribution in [-0.2, 0) is 4.74 Å². The van der Waals surface area contributed by atoms with Crippen molar-refractivity contribution in [1.82, 2.24) is 14.9 Å². The molecule has 134 valence electrons. The highest BCUT2D eigenvalue weighted by atomic mass is 19.3. The molecule has 1 aromatic heterocycles. The maximum atomic E-state index is 13.0. The number of hydrogen-bond acceptors (Lipinski definition) is 5. The van der Waals surface area contributed by atoms with Gasteiger partial charge < -0.3 is 9.47 Å². The van der Waals surface area contributed by atoms with Crippen LogP contribution in [0.1, 0.15) is 51.5 Å². The Kier molecular flexibility index (Phi) is 5.30. The molecule has 1 aromatic rings. The predicted octanol–water partition coefficient (Wildman–Crippen LogP) is 3.22. The van der Waals surface area contributed by atoms with Crippen molar-refractivity contribution >= 4 is 0 Å². The van der Waals surface area contributed by atoms with E-state index in [-0.39, 0.29) is 29.1 Å². The van der Waals surface area contributed by atoms with Crippen LogP contribution in [0.5, 0.6) is 5.88 Å². The molecule has 2 saturated heterocycles. The van der Waals surface area contributed by atoms with Crippen molar-refractivity contribution < 1.29 is 18.3 Å². The first kappa shape index (κ1) is 17.5. The zero-order valence-corrected chi connectivity index (χ0v) is 14.3. The number of fused-ring (bicyclic) bond motifs is 1. The lowest BCUT2D eigenvalue weighted by atomic mass is 9.95. The molecule has 5 nitrogen and oxygen atoms in total. The van der Waals surface area contributed by atoms with Gasteiger partial charge in [-0.1, -0.05) is 0 Å². The molecular weight excluding hydrogens is 316 g/mol. The molecule has 2 fully saturated rings. The fraction of sp³-hybridized carbons (Fsp3) is 0.765. The van der Waals surface area contributed by atoms with Crippen LogP contribution in [0.25, 0.3) is 0 Å². The number of alkyl halides is 2. The van der Waals surface area contributed by atoms with Crippen molar-refractivity contribution in [3.8, 4) is 5.88 Å². The van der Waals surface area contributed by atoms with Gasteiger partial charge in [-0.3, -0.25) is 4.90 Å². The van der Waals surface area contributed by atoms with Gasteiger partial charge in [-0.05, 0) is 46.1 Å². The van der Waals surface area contributed by atoms with E-state index in [1.165, 1.54) is 6.33 Å². The zero-order chi connectivity index (χ0) is 17.2. The smallest absolute Gasteiger partial charge is 0.270 e. The summed E-state index contributed by atoms with van der Waals surface area (Å²) >= 11 is 0. The van der Waals surface area contributed by atoms with Gasteiger partial charge in [0.05, 0.1) is 18.3 Å². The Morgan fingerprint density at radius 2 is 2.21 bits per heavy atom. The highest BCUT2D eigenvalue weighted by Crippen LogP contribution is 2.43. The second-order valence-corrected chi connectivity index (χ2v) is 6.97. The Labute approximate surface area is 141 Å². The molecule has 0 aromatic carbocycles. The molecule has 0 saturated carbocycles. The van der Waals surface area contributed by atoms with E-state index < -0.39 is 6.43 Å². The van der Waals surface area contributed by atoms with Crippen LogP contribution in [0.4, 0.5) is 8.78 Å². The van der Waals surface area contributed by atoms with Crippen molar-refractivity contribution in [2.24, 2.45) is 0 Å². The highest BCUT2D eigenvalue weighted by molar-refractivity contribution is 5.23. The van der Waals surface area contributed by atoms with Crippen LogP contribution in [0.2, 0.25) is 0 Å². The first-order valence-electron chi connectivity index (χ1n) is 8.61. The monoisotopic (exact) mass is 341 g/mol. The van der Waals surface area contributed by atoms with Gasteiger partial charge in [0.25, 0.3) is 6.43 Å². The second-order valence-electron chi connectivity index (χ2n) is 6.97. The van der Waals surface area contributed by atoms with Crippen LogP contribution in [0.3, 0.4) is 0 Å². The molecule has 3 rings (SSSR count). The maximum absolute atomic E-state index is 13.0. The van der Waals surface area contributed by atoms with Crippen molar-refractivity contribution in [1.29, 1.82) is 0 Å². The van der Waals surface area contributed by atoms with Gasteiger partial charge in [0.15, 0.2) is 0 Å². The van der Waals surface area contributed by atoms with Crippen LogP contribution < -0.4 is 4.74 Å². The number of rotatable bonds is 7. The molecule has 0 aliphatic carbocycles. The molecule has 0 N–H and O–H groups in total. The van der Waals surface area contributed by atoms with Gasteiger partial charge in [0.2, 0.25) is 5.88 Å². The normalized spacial score (nSPS) is 27.2. The Morgan fingerprint density at radius 3 is 2.96 bits per heavy atom. The standard InChI is InChI=1S/C17H25F2N3O2/c1-12(2)24-10-17-5-3-7-22(17)13(4-6-17)9-23-16-14(15(18)19)8-20-11-21-16/h8,11-13,15H,3-7,9-10H2,1-2H3/t13-,17-/m0/s1. The van der Waals surface area contributed by atoms with E-state index in [2.05, 4.69) is 14.9 Å². The summed E-state index contributed by atoms with van der Waals surface area (Å²) in [5.41, 5.74) is -0.151. The van der Waals surface area contributed by atoms with Gasteiger partial charge in [-0.2, -0.15) is 0 Å². The average molecular weight is 341 g/mol. The third kappa shape index (κ3) is 3.52. The van der Waals surface area contributed by atoms with E-state index in [0.717, 1.165) is 45.0 Å². The summed E-state index contributed by atoms with van der Waals surface area (Å²) in [5, 5.41) is 0. The SMILES string of the molecule is CC(C)OC[C@@]12CCCN1[C@H](COc1ncncc1C(F)F)CC2. The molecule has 2 aliphatic heterocycles. The number of hydrogen-bond donors (Lipinski definition) is 0. The van der Waals surface area contributed by atoms with Gasteiger partial charge >= 0.3 is 0 Å². The number of nitrogens with zero attached hydrogens (tertiary/aromatic N) is 3. The van der Waals surface area contributed by atoms with Gasteiger partial charge in [-0.25, -0.2) is 18.7 Å². The van der Waals surface area contributed by atoms with E-state index in [4.69, 9.17) is 9.47 Å². The van der Waals surface area contributed by atoms with Gasteiger partial charge in [0.1, 0.15) is 12.9 Å². The third-order valence-corrected chi connectivity index (χ3v) is 5.07. The molecule has 3 heterocycles. The number of halogens is 2. The summed E-state index contributed by atoms with van der Waals surface area (Å²) in [6.45, 7) is 6.22. The molecular formula is C17H25F2N3O2. The van der Waals surface area contributed by atoms with E-state index in [1.54, 1.807) is 0 Å². The molecule has 2 aliphatic rings. The summed E-state index contributed by atoms with van der Waals surface area (Å²) in [6.07, 6.45) is 4.29. The minimum Gasteiger partial charge on any atom is -0.476 e. The molecule has 24 heavy (non-hydrogen) atoms. The zero-order valence-electron chi connectivity index (χ0n) is 14.3. The summed E-state index contributed by atoms with van der Waals surface area (Å²) in [5.74, 6) is -0.00451. The topological polar surface area (TPSA) is 47.5 Å². The van der Waals surface area contributed by atoms with Gasteiger partial charge in [-0.15, -0.1) is 0 Å². The Morgan fingerprint density at radius 1 is 1.38 bits per heavy atom. The van der Waals surface area contributed by atoms with Gasteiger partial charge in [0, 0.05) is 17.8 Å². The van der Waals surface area contributed by atoms with Crippen molar-refractivity contribution in [2.45, 2.75) is 63.6 Å². The number of aromatic nitrogens is 2. The highest BCUT2D eigenvalue weighted by Gasteiger charge is 2.49. The van der Waals surface area contributed by atoms with Crippen molar-refractivity contribution in [3.63, 3.8) is 0 Å². The van der Waals surface area contributed by atoms with E-state index in [9.17, 15) is 8.78 Å². The van der Waals surface area contributed by atoms with Crippen LogP contribution >= 0.6 is 0 Å². The molecule has 0 bridgehead atoms. The average Bonchev–Trinajstić information content (AvgIpc) is 3.10. The lowest BCUT2D eigenvalue weighted by Gasteiger charge is -2.35. The van der Waals surface area contributed by atoms with Crippen LogP contribution in [0, 0.1) is 0 Å². The molecule has 0 unspecified atom stereocenters. The van der Waals surface area contributed by atoms with Crippen LogP contribution in [0.15, 0.2) is 12.5 Å². The van der Waals surface area contributed by atoms with E-state index >= 15 is 0 Å². The Balaban J connectivity index is 1.63. The Bertz CT molecular complexity index is 558. The first-order chi connectivity index (χ1) is 11.5. The molecule has 0 radical (unpaired) electrons. The van der Waals surface area contributed by atoms with Crippen molar-refractivity contribution in [3.05, 3.63) is 18.1 Å². The number of ether oxygens (including phenoxy) is 2. The minimum atomic E-state index is -2.63. The van der Waals surface area contributed by atoms with Crippen LogP contribution in [-0.4, -0.2) is 52.3 Å². The lowest BCUT2D eigenvalue weighted by molar-refractivity contribution is -0.00927. The van der Waals surface area contributed by atoms with Crippen molar-refractivity contribution in [2.75, 3.05) is 19.8 Å². The quantitative estimate of drug-likeness (QED) is 0.762. The third-order valence-electron chi connectivity index (χ3n) is 5.07. The van der Waals surface area contributed by atoms with E-state index in [1.807, 2.05) is 13.8 Å². The fourth-order valence-electron chi connectivity index (χ4n) is 3.89. The summed E-state index contributed by atoms with van der Waals surface area (Å²) < 4.78 is 37.5. The molecule has 2 atom stereocenters. The lowest BCUT2D eigenvalue weighted by Crippen LogP contribution is -2.47. The minimum absolute atomic E-state index is 0.00451. The first-order valence-corrected chi connectivity index (χ1v) is 8.61.